The predicted octanol–water partition coefficient (Wildman–Crippen LogP) is 0.177. The van der Waals surface area contributed by atoms with Gasteiger partial charge < -0.3 is 16.2 Å². The van der Waals surface area contributed by atoms with Crippen molar-refractivity contribution >= 4 is 5.97 Å². The van der Waals surface area contributed by atoms with Crippen LogP contribution in [0.5, 0.6) is 0 Å². The molecule has 7 heteroatoms. The predicted molar refractivity (Wildman–Crippen MR) is 67.9 cm³/mol. The number of aliphatic carboxylic acids is 1. The topological polar surface area (TPSA) is 118 Å². The summed E-state index contributed by atoms with van der Waals surface area (Å²) in [6.07, 6.45) is 4.99. The molecule has 1 heterocycles. The highest BCUT2D eigenvalue weighted by molar-refractivity contribution is 5.74. The van der Waals surface area contributed by atoms with E-state index >= 15 is 0 Å². The van der Waals surface area contributed by atoms with Crippen LogP contribution >= 0.6 is 0 Å². The van der Waals surface area contributed by atoms with Crippen LogP contribution in [-0.4, -0.2) is 34.1 Å². The summed E-state index contributed by atoms with van der Waals surface area (Å²) >= 11 is 0. The van der Waals surface area contributed by atoms with Crippen molar-refractivity contribution in [2.75, 3.05) is 6.54 Å². The fourth-order valence-corrected chi connectivity index (χ4v) is 2.44. The highest BCUT2D eigenvalue weighted by Crippen LogP contribution is 2.37. The lowest BCUT2D eigenvalue weighted by molar-refractivity contribution is -0.538. The third kappa shape index (κ3) is 2.12. The normalized spacial score (nSPS) is 26.5. The van der Waals surface area contributed by atoms with E-state index in [0.717, 1.165) is 0 Å². The van der Waals surface area contributed by atoms with Gasteiger partial charge in [0.25, 0.3) is 5.54 Å². The second-order valence-electron chi connectivity index (χ2n) is 4.83. The molecule has 0 amide bonds. The molecule has 2 aliphatic rings. The minimum Gasteiger partial charge on any atom is -0.480 e. The maximum absolute atomic E-state index is 11.3. The van der Waals surface area contributed by atoms with Gasteiger partial charge in [-0.15, -0.1) is 0 Å². The SMILES string of the molecule is CC1([N+](=O)[O-])C=CC=C2NCC(C[C@H](N)C(=O)O)=C21. The molecular formula is C12H15N3O4. The van der Waals surface area contributed by atoms with Crippen LogP contribution in [0, 0.1) is 10.1 Å². The molecule has 0 aromatic rings. The summed E-state index contributed by atoms with van der Waals surface area (Å²) in [6, 6.07) is -1.05. The minimum atomic E-state index is -1.33. The number of nitro groups is 1. The van der Waals surface area contributed by atoms with Crippen molar-refractivity contribution < 1.29 is 14.8 Å². The van der Waals surface area contributed by atoms with Crippen molar-refractivity contribution in [3.63, 3.8) is 0 Å². The van der Waals surface area contributed by atoms with Crippen molar-refractivity contribution in [1.82, 2.24) is 5.32 Å². The van der Waals surface area contributed by atoms with Crippen LogP contribution in [0.15, 0.2) is 35.1 Å². The quantitative estimate of drug-likeness (QED) is 0.492. The number of nitrogens with one attached hydrogen (secondary N) is 1. The maximum Gasteiger partial charge on any atom is 0.320 e. The Kier molecular flexibility index (Phi) is 3.15. The average Bonchev–Trinajstić information content (AvgIpc) is 2.73. The summed E-state index contributed by atoms with van der Waals surface area (Å²) in [5, 5.41) is 23.2. The zero-order chi connectivity index (χ0) is 14.2. The largest absolute Gasteiger partial charge is 0.480 e. The van der Waals surface area contributed by atoms with Crippen LogP contribution in [0.1, 0.15) is 13.3 Å². The molecule has 1 unspecified atom stereocenters. The molecule has 0 aromatic carbocycles. The van der Waals surface area contributed by atoms with Crippen LogP contribution in [-0.2, 0) is 4.79 Å². The Morgan fingerprint density at radius 3 is 3.00 bits per heavy atom. The molecule has 0 radical (unpaired) electrons. The third-order valence-electron chi connectivity index (χ3n) is 3.47. The van der Waals surface area contributed by atoms with Crippen LogP contribution in [0.3, 0.4) is 0 Å². The number of fused-ring (bicyclic) bond motifs is 1. The Bertz CT molecular complexity index is 535. The van der Waals surface area contributed by atoms with Gasteiger partial charge in [-0.3, -0.25) is 14.9 Å². The Hall–Kier alpha value is -2.15. The fourth-order valence-electron chi connectivity index (χ4n) is 2.44. The number of carboxylic acids is 1. The number of rotatable bonds is 4. The van der Waals surface area contributed by atoms with Crippen molar-refractivity contribution in [2.45, 2.75) is 24.9 Å². The van der Waals surface area contributed by atoms with E-state index in [-0.39, 0.29) is 11.3 Å². The van der Waals surface area contributed by atoms with E-state index in [1.165, 1.54) is 13.0 Å². The molecule has 2 rings (SSSR count). The van der Waals surface area contributed by atoms with Gasteiger partial charge in [0, 0.05) is 24.1 Å². The Morgan fingerprint density at radius 2 is 2.42 bits per heavy atom. The van der Waals surface area contributed by atoms with E-state index in [2.05, 4.69) is 5.32 Å². The lowest BCUT2D eigenvalue weighted by Gasteiger charge is -2.23. The maximum atomic E-state index is 11.3. The van der Waals surface area contributed by atoms with Gasteiger partial charge in [0.1, 0.15) is 6.04 Å². The molecule has 1 aliphatic carbocycles. The van der Waals surface area contributed by atoms with Gasteiger partial charge in [0.2, 0.25) is 0 Å². The summed E-state index contributed by atoms with van der Waals surface area (Å²) in [4.78, 5) is 21.7. The Labute approximate surface area is 109 Å². The van der Waals surface area contributed by atoms with E-state index in [4.69, 9.17) is 10.8 Å². The summed E-state index contributed by atoms with van der Waals surface area (Å²) in [6.45, 7) is 1.90. The second kappa shape index (κ2) is 4.51. The summed E-state index contributed by atoms with van der Waals surface area (Å²) in [5.74, 6) is -1.11. The monoisotopic (exact) mass is 265 g/mol. The van der Waals surface area contributed by atoms with Gasteiger partial charge in [-0.25, -0.2) is 0 Å². The highest BCUT2D eigenvalue weighted by atomic mass is 16.6. The first-order valence-corrected chi connectivity index (χ1v) is 5.85. The van der Waals surface area contributed by atoms with E-state index in [1.807, 2.05) is 0 Å². The van der Waals surface area contributed by atoms with E-state index < -0.39 is 17.6 Å². The zero-order valence-corrected chi connectivity index (χ0v) is 10.4. The van der Waals surface area contributed by atoms with Gasteiger partial charge >= 0.3 is 5.97 Å². The zero-order valence-electron chi connectivity index (χ0n) is 10.4. The van der Waals surface area contributed by atoms with E-state index in [9.17, 15) is 14.9 Å². The van der Waals surface area contributed by atoms with Crippen molar-refractivity contribution in [3.05, 3.63) is 45.2 Å². The van der Waals surface area contributed by atoms with Crippen LogP contribution in [0.4, 0.5) is 0 Å². The van der Waals surface area contributed by atoms with E-state index in [0.29, 0.717) is 23.4 Å². The lowest BCUT2D eigenvalue weighted by Crippen LogP contribution is -2.38. The molecule has 0 saturated heterocycles. The molecule has 4 N–H and O–H groups in total. The number of nitrogens with two attached hydrogens (primary N) is 1. The first kappa shape index (κ1) is 13.3. The van der Waals surface area contributed by atoms with Crippen LogP contribution in [0.25, 0.3) is 0 Å². The number of allylic oxidation sites excluding steroid dienone is 2. The number of carbonyl (C=O) groups is 1. The summed E-state index contributed by atoms with van der Waals surface area (Å²) < 4.78 is 0. The molecule has 2 atom stereocenters. The average molecular weight is 265 g/mol. The van der Waals surface area contributed by atoms with E-state index in [1.54, 1.807) is 12.2 Å². The van der Waals surface area contributed by atoms with Crippen molar-refractivity contribution in [3.8, 4) is 0 Å². The number of hydrogen-bond acceptors (Lipinski definition) is 5. The molecule has 1 aliphatic heterocycles. The second-order valence-corrected chi connectivity index (χ2v) is 4.83. The Morgan fingerprint density at radius 1 is 1.74 bits per heavy atom. The third-order valence-corrected chi connectivity index (χ3v) is 3.47. The van der Waals surface area contributed by atoms with Gasteiger partial charge in [-0.05, 0) is 24.1 Å². The van der Waals surface area contributed by atoms with Crippen molar-refractivity contribution in [1.29, 1.82) is 0 Å². The Balaban J connectivity index is 2.42. The van der Waals surface area contributed by atoms with Crippen molar-refractivity contribution in [2.24, 2.45) is 5.73 Å². The number of hydrogen-bond donors (Lipinski definition) is 3. The molecule has 0 fully saturated rings. The highest BCUT2D eigenvalue weighted by Gasteiger charge is 2.46. The molecule has 0 saturated carbocycles. The molecule has 0 spiro atoms. The van der Waals surface area contributed by atoms with Gasteiger partial charge in [0.15, 0.2) is 0 Å². The van der Waals surface area contributed by atoms with Gasteiger partial charge in [-0.1, -0.05) is 6.08 Å². The van der Waals surface area contributed by atoms with Crippen LogP contribution in [0.2, 0.25) is 0 Å². The molecule has 7 nitrogen and oxygen atoms in total. The first-order valence-electron chi connectivity index (χ1n) is 5.85. The summed E-state index contributed by atoms with van der Waals surface area (Å²) in [7, 11) is 0. The van der Waals surface area contributed by atoms with Gasteiger partial charge in [-0.2, -0.15) is 0 Å². The number of nitrogens with zero attached hydrogens (tertiary/aromatic N) is 1. The minimum absolute atomic E-state index is 0.103. The van der Waals surface area contributed by atoms with Crippen LogP contribution < -0.4 is 11.1 Å². The standard InChI is InChI=1S/C12H15N3O4/c1-12(15(18)19)4-2-3-9-10(12)7(6-14-9)5-8(13)11(16)17/h2-4,8,14H,5-6,13H2,1H3,(H,16,17)/t8-,12?/m0/s1. The smallest absolute Gasteiger partial charge is 0.320 e. The lowest BCUT2D eigenvalue weighted by atomic mass is 9.83. The fraction of sp³-hybridized carbons (Fsp3) is 0.417. The number of carboxylic acid groups (broad SMARTS) is 1. The molecule has 19 heavy (non-hydrogen) atoms. The molecule has 0 bridgehead atoms. The first-order chi connectivity index (χ1) is 8.86. The molecule has 102 valence electrons. The molecular weight excluding hydrogens is 250 g/mol. The molecule has 0 aromatic heterocycles. The summed E-state index contributed by atoms with van der Waals surface area (Å²) in [5.41, 5.74) is 6.08. The van der Waals surface area contributed by atoms with Gasteiger partial charge in [0.05, 0.1) is 5.57 Å².